The zero-order chi connectivity index (χ0) is 12.5. The Morgan fingerprint density at radius 2 is 2.24 bits per heavy atom. The largest absolute Gasteiger partial charge is 0.377 e. The van der Waals surface area contributed by atoms with Gasteiger partial charge in [-0.05, 0) is 43.4 Å². The first kappa shape index (κ1) is 12.8. The van der Waals surface area contributed by atoms with E-state index in [9.17, 15) is 4.39 Å². The third-order valence-corrected chi connectivity index (χ3v) is 4.01. The highest BCUT2D eigenvalue weighted by atomic mass is 35.5. The lowest BCUT2D eigenvalue weighted by Crippen LogP contribution is -2.55. The third-order valence-electron chi connectivity index (χ3n) is 3.72. The van der Waals surface area contributed by atoms with Crippen LogP contribution in [0.3, 0.4) is 0 Å². The van der Waals surface area contributed by atoms with E-state index in [4.69, 9.17) is 22.1 Å². The molecule has 1 fully saturated rings. The average Bonchev–Trinajstić information content (AvgIpc) is 2.23. The first-order valence-corrected chi connectivity index (χ1v) is 6.20. The molecular weight excluding hydrogens is 241 g/mol. The Balaban J connectivity index is 2.07. The second kappa shape index (κ2) is 4.92. The number of halogens is 2. The van der Waals surface area contributed by atoms with Crippen LogP contribution < -0.4 is 5.73 Å². The van der Waals surface area contributed by atoms with Crippen LogP contribution in [0.4, 0.5) is 4.39 Å². The van der Waals surface area contributed by atoms with Gasteiger partial charge in [-0.25, -0.2) is 4.39 Å². The maximum Gasteiger partial charge on any atom is 0.141 e. The van der Waals surface area contributed by atoms with Crippen molar-refractivity contribution in [1.82, 2.24) is 0 Å². The Labute approximate surface area is 106 Å². The molecule has 1 atom stereocenters. The molecule has 0 spiro atoms. The topological polar surface area (TPSA) is 35.2 Å². The predicted molar refractivity (Wildman–Crippen MR) is 66.7 cm³/mol. The van der Waals surface area contributed by atoms with Crippen LogP contribution in [-0.4, -0.2) is 18.8 Å². The second-order valence-electron chi connectivity index (χ2n) is 4.68. The fourth-order valence-electron chi connectivity index (χ4n) is 2.36. The summed E-state index contributed by atoms with van der Waals surface area (Å²) in [5.74, 6) is -0.394. The molecule has 0 heterocycles. The summed E-state index contributed by atoms with van der Waals surface area (Å²) in [6.45, 7) is 0. The van der Waals surface area contributed by atoms with Gasteiger partial charge in [-0.1, -0.05) is 17.7 Å². The summed E-state index contributed by atoms with van der Waals surface area (Å²) in [5.41, 5.74) is 6.94. The number of nitrogens with two attached hydrogens (primary N) is 1. The molecule has 4 heteroatoms. The van der Waals surface area contributed by atoms with Crippen molar-refractivity contribution in [2.24, 2.45) is 5.73 Å². The van der Waals surface area contributed by atoms with Crippen LogP contribution in [0.1, 0.15) is 24.8 Å². The summed E-state index contributed by atoms with van der Waals surface area (Å²) < 4.78 is 18.6. The number of benzene rings is 1. The predicted octanol–water partition coefficient (Wildman–Crippen LogP) is 2.92. The summed E-state index contributed by atoms with van der Waals surface area (Å²) in [6, 6.07) is 4.68. The van der Waals surface area contributed by atoms with E-state index in [1.807, 2.05) is 0 Å². The van der Waals surface area contributed by atoms with Crippen molar-refractivity contribution < 1.29 is 9.13 Å². The Kier molecular flexibility index (Phi) is 3.71. The molecule has 2 rings (SSSR count). The van der Waals surface area contributed by atoms with Gasteiger partial charge in [-0.2, -0.15) is 0 Å². The Hall–Kier alpha value is -0.640. The minimum absolute atomic E-state index is 0.0669. The molecule has 1 unspecified atom stereocenters. The Morgan fingerprint density at radius 3 is 2.71 bits per heavy atom. The number of hydrogen-bond acceptors (Lipinski definition) is 2. The molecule has 0 saturated heterocycles. The summed E-state index contributed by atoms with van der Waals surface area (Å²) in [4.78, 5) is 0. The number of ether oxygens (including phenoxy) is 1. The lowest BCUT2D eigenvalue weighted by molar-refractivity contribution is -0.0897. The van der Waals surface area contributed by atoms with Crippen molar-refractivity contribution in [3.63, 3.8) is 0 Å². The van der Waals surface area contributed by atoms with Gasteiger partial charge >= 0.3 is 0 Å². The summed E-state index contributed by atoms with van der Waals surface area (Å²) in [6.07, 6.45) is 3.82. The highest BCUT2D eigenvalue weighted by Gasteiger charge is 2.42. The van der Waals surface area contributed by atoms with E-state index in [1.165, 1.54) is 6.07 Å². The van der Waals surface area contributed by atoms with Gasteiger partial charge in [0, 0.05) is 13.2 Å². The van der Waals surface area contributed by atoms with Crippen LogP contribution in [0.25, 0.3) is 0 Å². The monoisotopic (exact) mass is 257 g/mol. The molecule has 0 amide bonds. The van der Waals surface area contributed by atoms with Crippen molar-refractivity contribution in [2.45, 2.75) is 37.3 Å². The van der Waals surface area contributed by atoms with E-state index in [-0.39, 0.29) is 16.7 Å². The highest BCUT2D eigenvalue weighted by Crippen LogP contribution is 2.38. The van der Waals surface area contributed by atoms with E-state index < -0.39 is 5.82 Å². The summed E-state index contributed by atoms with van der Waals surface area (Å²) in [7, 11) is 1.71. The quantitative estimate of drug-likeness (QED) is 0.900. The fraction of sp³-hybridized carbons (Fsp3) is 0.538. The molecule has 2 nitrogen and oxygen atoms in total. The van der Waals surface area contributed by atoms with Crippen LogP contribution in [-0.2, 0) is 11.2 Å². The van der Waals surface area contributed by atoms with E-state index in [2.05, 4.69) is 0 Å². The first-order valence-electron chi connectivity index (χ1n) is 5.82. The van der Waals surface area contributed by atoms with Crippen LogP contribution in [0.15, 0.2) is 18.2 Å². The molecule has 0 radical (unpaired) electrons. The number of methoxy groups -OCH3 is 1. The van der Waals surface area contributed by atoms with Gasteiger partial charge in [0.05, 0.1) is 10.6 Å². The standard InChI is InChI=1S/C13H17ClFNO/c1-17-13(5-2-6-13)12(16)8-9-3-4-11(15)10(14)7-9/h3-4,7,12H,2,5-6,8,16H2,1H3. The van der Waals surface area contributed by atoms with Crippen LogP contribution in [0, 0.1) is 5.82 Å². The molecule has 2 N–H and O–H groups in total. The highest BCUT2D eigenvalue weighted by molar-refractivity contribution is 6.30. The number of rotatable bonds is 4. The molecular formula is C13H17ClFNO. The van der Waals surface area contributed by atoms with Crippen LogP contribution in [0.2, 0.25) is 5.02 Å². The van der Waals surface area contributed by atoms with Crippen molar-refractivity contribution in [2.75, 3.05) is 7.11 Å². The summed E-state index contributed by atoms with van der Waals surface area (Å²) >= 11 is 5.75. The molecule has 1 saturated carbocycles. The molecule has 1 aromatic carbocycles. The van der Waals surface area contributed by atoms with Gasteiger partial charge in [0.25, 0.3) is 0 Å². The minimum atomic E-state index is -0.394. The molecule has 0 bridgehead atoms. The molecule has 1 aliphatic carbocycles. The third kappa shape index (κ3) is 2.46. The Bertz CT molecular complexity index is 401. The van der Waals surface area contributed by atoms with Crippen molar-refractivity contribution in [3.8, 4) is 0 Å². The molecule has 94 valence electrons. The van der Waals surface area contributed by atoms with Gasteiger partial charge in [0.15, 0.2) is 0 Å². The summed E-state index contributed by atoms with van der Waals surface area (Å²) in [5, 5.41) is 0.148. The van der Waals surface area contributed by atoms with E-state index in [1.54, 1.807) is 19.2 Å². The average molecular weight is 258 g/mol. The second-order valence-corrected chi connectivity index (χ2v) is 5.09. The minimum Gasteiger partial charge on any atom is -0.377 e. The van der Waals surface area contributed by atoms with E-state index in [0.29, 0.717) is 6.42 Å². The van der Waals surface area contributed by atoms with Crippen LogP contribution in [0.5, 0.6) is 0 Å². The van der Waals surface area contributed by atoms with E-state index >= 15 is 0 Å². The molecule has 17 heavy (non-hydrogen) atoms. The number of hydrogen-bond donors (Lipinski definition) is 1. The molecule has 1 aromatic rings. The smallest absolute Gasteiger partial charge is 0.141 e. The van der Waals surface area contributed by atoms with Gasteiger partial charge in [0.2, 0.25) is 0 Å². The van der Waals surface area contributed by atoms with Crippen molar-refractivity contribution in [1.29, 1.82) is 0 Å². The van der Waals surface area contributed by atoms with Gasteiger partial charge in [-0.15, -0.1) is 0 Å². The Morgan fingerprint density at radius 1 is 1.53 bits per heavy atom. The lowest BCUT2D eigenvalue weighted by Gasteiger charge is -2.45. The van der Waals surface area contributed by atoms with Crippen LogP contribution >= 0.6 is 11.6 Å². The zero-order valence-corrected chi connectivity index (χ0v) is 10.6. The first-order chi connectivity index (χ1) is 8.07. The molecule has 0 aliphatic heterocycles. The van der Waals surface area contributed by atoms with Gasteiger partial charge in [-0.3, -0.25) is 0 Å². The maximum absolute atomic E-state index is 13.0. The zero-order valence-electron chi connectivity index (χ0n) is 9.88. The SMILES string of the molecule is COC1(C(N)Cc2ccc(F)c(Cl)c2)CCC1. The normalized spacial score (nSPS) is 19.8. The van der Waals surface area contributed by atoms with E-state index in [0.717, 1.165) is 24.8 Å². The fourth-order valence-corrected chi connectivity index (χ4v) is 2.56. The van der Waals surface area contributed by atoms with Gasteiger partial charge in [0.1, 0.15) is 5.82 Å². The van der Waals surface area contributed by atoms with Crippen molar-refractivity contribution >= 4 is 11.6 Å². The van der Waals surface area contributed by atoms with Gasteiger partial charge < -0.3 is 10.5 Å². The molecule has 1 aliphatic rings. The molecule has 0 aromatic heterocycles. The van der Waals surface area contributed by atoms with Crippen molar-refractivity contribution in [3.05, 3.63) is 34.6 Å². The maximum atomic E-state index is 13.0. The lowest BCUT2D eigenvalue weighted by atomic mass is 9.73.